The molecule has 1 aromatic heterocycles. The number of nitrogens with zero attached hydrogens (tertiary/aromatic N) is 1. The van der Waals surface area contributed by atoms with Crippen molar-refractivity contribution in [2.75, 3.05) is 17.7 Å². The van der Waals surface area contributed by atoms with Crippen LogP contribution >= 0.6 is 27.5 Å². The summed E-state index contributed by atoms with van der Waals surface area (Å²) in [6.45, 7) is 5.28. The number of pyridine rings is 1. The van der Waals surface area contributed by atoms with Gasteiger partial charge in [0.15, 0.2) is 0 Å². The van der Waals surface area contributed by atoms with E-state index in [9.17, 15) is 0 Å². The van der Waals surface area contributed by atoms with E-state index in [0.29, 0.717) is 5.88 Å². The first-order valence-corrected chi connectivity index (χ1v) is 7.69. The van der Waals surface area contributed by atoms with Crippen molar-refractivity contribution in [3.05, 3.63) is 34.9 Å². The second-order valence-corrected chi connectivity index (χ2v) is 6.68. The highest BCUT2D eigenvalue weighted by atomic mass is 79.9. The van der Waals surface area contributed by atoms with Crippen LogP contribution in [0.15, 0.2) is 34.9 Å². The molecule has 0 unspecified atom stereocenters. The average molecular weight is 342 g/mol. The number of alkyl halides is 1. The third kappa shape index (κ3) is 3.61. The molecule has 2 nitrogen and oxygen atoms in total. The van der Waals surface area contributed by atoms with Crippen LogP contribution in [0.3, 0.4) is 0 Å². The van der Waals surface area contributed by atoms with Crippen molar-refractivity contribution in [3.8, 4) is 0 Å². The minimum absolute atomic E-state index is 0.164. The van der Waals surface area contributed by atoms with E-state index in [4.69, 9.17) is 11.6 Å². The van der Waals surface area contributed by atoms with Crippen LogP contribution in [0.2, 0.25) is 0 Å². The fourth-order valence-electron chi connectivity index (χ4n) is 1.98. The SMILES string of the molecule is CC(C)(CCCl)CNc1nccc2c(Br)cccc12. The lowest BCUT2D eigenvalue weighted by molar-refractivity contribution is 0.379. The van der Waals surface area contributed by atoms with Crippen LogP contribution in [0, 0.1) is 5.41 Å². The first-order valence-electron chi connectivity index (χ1n) is 6.36. The molecule has 0 amide bonds. The van der Waals surface area contributed by atoms with Crippen LogP contribution in [0.1, 0.15) is 20.3 Å². The van der Waals surface area contributed by atoms with Crippen LogP contribution in [-0.2, 0) is 0 Å². The largest absolute Gasteiger partial charge is 0.369 e. The van der Waals surface area contributed by atoms with Gasteiger partial charge in [-0.1, -0.05) is 41.9 Å². The summed E-state index contributed by atoms with van der Waals surface area (Å²) in [6.07, 6.45) is 2.82. The van der Waals surface area contributed by atoms with E-state index in [1.807, 2.05) is 24.4 Å². The number of aromatic nitrogens is 1. The molecule has 0 spiro atoms. The molecule has 1 heterocycles. The number of rotatable bonds is 5. The van der Waals surface area contributed by atoms with Crippen molar-refractivity contribution in [1.29, 1.82) is 0 Å². The number of nitrogens with one attached hydrogen (secondary N) is 1. The van der Waals surface area contributed by atoms with Gasteiger partial charge in [-0.15, -0.1) is 11.6 Å². The van der Waals surface area contributed by atoms with Gasteiger partial charge in [0.05, 0.1) is 0 Å². The number of anilines is 1. The zero-order valence-corrected chi connectivity index (χ0v) is 13.6. The summed E-state index contributed by atoms with van der Waals surface area (Å²) < 4.78 is 1.09. The summed E-state index contributed by atoms with van der Waals surface area (Å²) in [6, 6.07) is 8.19. The highest BCUT2D eigenvalue weighted by Gasteiger charge is 2.17. The quantitative estimate of drug-likeness (QED) is 0.768. The molecule has 0 fully saturated rings. The minimum Gasteiger partial charge on any atom is -0.369 e. The summed E-state index contributed by atoms with van der Waals surface area (Å²) in [5.41, 5.74) is 0.164. The lowest BCUT2D eigenvalue weighted by Crippen LogP contribution is -2.24. The number of halogens is 2. The highest BCUT2D eigenvalue weighted by Crippen LogP contribution is 2.29. The minimum atomic E-state index is 0.164. The molecular formula is C15H18BrClN2. The fourth-order valence-corrected chi connectivity index (χ4v) is 2.99. The summed E-state index contributed by atoms with van der Waals surface area (Å²) in [4.78, 5) is 4.45. The molecule has 0 aliphatic heterocycles. The van der Waals surface area contributed by atoms with Gasteiger partial charge in [-0.25, -0.2) is 4.98 Å². The van der Waals surface area contributed by atoms with Gasteiger partial charge in [0.2, 0.25) is 0 Å². The Kier molecular flexibility index (Phi) is 4.69. The number of fused-ring (bicyclic) bond motifs is 1. The molecular weight excluding hydrogens is 324 g/mol. The Labute approximate surface area is 127 Å². The van der Waals surface area contributed by atoms with Gasteiger partial charge in [0.1, 0.15) is 5.82 Å². The lowest BCUT2D eigenvalue weighted by atomic mass is 9.90. The molecule has 0 atom stereocenters. The molecule has 1 aromatic carbocycles. The fraction of sp³-hybridized carbons (Fsp3) is 0.400. The average Bonchev–Trinajstić information content (AvgIpc) is 2.37. The van der Waals surface area contributed by atoms with Crippen LogP contribution in [-0.4, -0.2) is 17.4 Å². The molecule has 0 radical (unpaired) electrons. The summed E-state index contributed by atoms with van der Waals surface area (Å²) in [5, 5.41) is 5.76. The predicted octanol–water partition coefficient (Wildman–Crippen LogP) is 5.06. The monoisotopic (exact) mass is 340 g/mol. The van der Waals surface area contributed by atoms with Crippen molar-refractivity contribution in [3.63, 3.8) is 0 Å². The number of hydrogen-bond donors (Lipinski definition) is 1. The molecule has 1 N–H and O–H groups in total. The van der Waals surface area contributed by atoms with Gasteiger partial charge < -0.3 is 5.32 Å². The summed E-state index contributed by atoms with van der Waals surface area (Å²) in [5.74, 6) is 1.62. The first kappa shape index (κ1) is 14.6. The Morgan fingerprint density at radius 1 is 1.26 bits per heavy atom. The number of benzene rings is 1. The van der Waals surface area contributed by atoms with Crippen molar-refractivity contribution in [2.24, 2.45) is 5.41 Å². The molecule has 0 saturated carbocycles. The maximum Gasteiger partial charge on any atom is 0.133 e. The van der Waals surface area contributed by atoms with Crippen molar-refractivity contribution in [2.45, 2.75) is 20.3 Å². The summed E-state index contributed by atoms with van der Waals surface area (Å²) >= 11 is 9.41. The van der Waals surface area contributed by atoms with Gasteiger partial charge >= 0.3 is 0 Å². The van der Waals surface area contributed by atoms with E-state index >= 15 is 0 Å². The molecule has 2 aromatic rings. The van der Waals surface area contributed by atoms with E-state index in [-0.39, 0.29) is 5.41 Å². The Bertz CT molecular complexity index is 569. The first-order chi connectivity index (χ1) is 9.03. The van der Waals surface area contributed by atoms with Gasteiger partial charge in [-0.05, 0) is 24.0 Å². The molecule has 19 heavy (non-hydrogen) atoms. The van der Waals surface area contributed by atoms with E-state index in [1.165, 1.54) is 5.39 Å². The second-order valence-electron chi connectivity index (χ2n) is 5.45. The summed E-state index contributed by atoms with van der Waals surface area (Å²) in [7, 11) is 0. The molecule has 0 aliphatic carbocycles. The molecule has 0 saturated heterocycles. The smallest absolute Gasteiger partial charge is 0.133 e. The van der Waals surface area contributed by atoms with E-state index in [0.717, 1.165) is 28.6 Å². The Morgan fingerprint density at radius 3 is 2.79 bits per heavy atom. The van der Waals surface area contributed by atoms with Crippen molar-refractivity contribution >= 4 is 44.1 Å². The normalized spacial score (nSPS) is 11.8. The van der Waals surface area contributed by atoms with Crippen molar-refractivity contribution < 1.29 is 0 Å². The third-order valence-electron chi connectivity index (χ3n) is 3.26. The Balaban J connectivity index is 2.24. The molecule has 2 rings (SSSR count). The zero-order chi connectivity index (χ0) is 13.9. The van der Waals surface area contributed by atoms with Crippen LogP contribution in [0.4, 0.5) is 5.82 Å². The van der Waals surface area contributed by atoms with E-state index in [1.54, 1.807) is 0 Å². The van der Waals surface area contributed by atoms with Crippen LogP contribution < -0.4 is 5.32 Å². The maximum absolute atomic E-state index is 5.83. The van der Waals surface area contributed by atoms with Crippen LogP contribution in [0.25, 0.3) is 10.8 Å². The lowest BCUT2D eigenvalue weighted by Gasteiger charge is -2.24. The van der Waals surface area contributed by atoms with Crippen LogP contribution in [0.5, 0.6) is 0 Å². The Morgan fingerprint density at radius 2 is 2.05 bits per heavy atom. The van der Waals surface area contributed by atoms with Gasteiger partial charge in [-0.3, -0.25) is 0 Å². The Hall–Kier alpha value is -0.800. The van der Waals surface area contributed by atoms with E-state index < -0.39 is 0 Å². The zero-order valence-electron chi connectivity index (χ0n) is 11.2. The number of hydrogen-bond acceptors (Lipinski definition) is 2. The standard InChI is InChI=1S/C15H18BrClN2/c1-15(2,7-8-17)10-19-14-12-4-3-5-13(16)11(12)6-9-18-14/h3-6,9H,7-8,10H2,1-2H3,(H,18,19). The van der Waals surface area contributed by atoms with Gasteiger partial charge in [-0.2, -0.15) is 0 Å². The topological polar surface area (TPSA) is 24.9 Å². The third-order valence-corrected chi connectivity index (χ3v) is 4.14. The maximum atomic E-state index is 5.83. The van der Waals surface area contributed by atoms with E-state index in [2.05, 4.69) is 46.1 Å². The van der Waals surface area contributed by atoms with Gasteiger partial charge in [0, 0.05) is 33.9 Å². The van der Waals surface area contributed by atoms with Crippen molar-refractivity contribution in [1.82, 2.24) is 4.98 Å². The molecule has 0 aliphatic rings. The molecule has 102 valence electrons. The molecule has 4 heteroatoms. The molecule has 0 bridgehead atoms. The highest BCUT2D eigenvalue weighted by molar-refractivity contribution is 9.10. The van der Waals surface area contributed by atoms with Gasteiger partial charge in [0.25, 0.3) is 0 Å². The predicted molar refractivity (Wildman–Crippen MR) is 87.1 cm³/mol. The second kappa shape index (κ2) is 6.10.